The highest BCUT2D eigenvalue weighted by Crippen LogP contribution is 2.56. The van der Waals surface area contributed by atoms with Crippen LogP contribution in [0.15, 0.2) is 24.8 Å². The lowest BCUT2D eigenvalue weighted by Crippen LogP contribution is -2.16. The number of hydrogen-bond acceptors (Lipinski definition) is 4. The van der Waals surface area contributed by atoms with E-state index in [2.05, 4.69) is 23.5 Å². The lowest BCUT2D eigenvalue weighted by molar-refractivity contribution is -0.141. The zero-order valence-electron chi connectivity index (χ0n) is 14.7. The molecule has 3 aliphatic carbocycles. The third kappa shape index (κ3) is 5.22. The molecule has 0 aromatic heterocycles. The predicted octanol–water partition coefficient (Wildman–Crippen LogP) is 4.06. The minimum absolute atomic E-state index is 0.201. The first-order chi connectivity index (χ1) is 11.7. The van der Waals surface area contributed by atoms with Gasteiger partial charge in [-0.15, -0.1) is 0 Å². The van der Waals surface area contributed by atoms with Gasteiger partial charge >= 0.3 is 11.9 Å². The first-order valence-electron chi connectivity index (χ1n) is 9.18. The second kappa shape index (κ2) is 9.65. The van der Waals surface area contributed by atoms with Gasteiger partial charge in [-0.3, -0.25) is 4.79 Å². The Morgan fingerprint density at radius 2 is 2.00 bits per heavy atom. The Balaban J connectivity index is 0.000000180. The summed E-state index contributed by atoms with van der Waals surface area (Å²) in [5.74, 6) is 3.75. The number of esters is 2. The average molecular weight is 334 g/mol. The van der Waals surface area contributed by atoms with Gasteiger partial charge in [0.05, 0.1) is 13.7 Å². The topological polar surface area (TPSA) is 52.6 Å². The Kier molecular flexibility index (Phi) is 7.54. The molecule has 2 fully saturated rings. The van der Waals surface area contributed by atoms with E-state index < -0.39 is 5.97 Å². The molecule has 0 N–H and O–H groups in total. The molecule has 3 aliphatic rings. The highest BCUT2D eigenvalue weighted by Gasteiger charge is 2.47. The Labute approximate surface area is 145 Å². The molecular formula is C20H30O4. The number of methoxy groups -OCH3 is 1. The van der Waals surface area contributed by atoms with Gasteiger partial charge < -0.3 is 9.47 Å². The Morgan fingerprint density at radius 3 is 2.71 bits per heavy atom. The summed E-state index contributed by atoms with van der Waals surface area (Å²) in [6, 6.07) is 0. The zero-order valence-corrected chi connectivity index (χ0v) is 14.7. The van der Waals surface area contributed by atoms with E-state index in [-0.39, 0.29) is 5.97 Å². The Bertz CT molecular complexity index is 468. The number of unbranched alkanes of at least 4 members (excludes halogenated alkanes) is 2. The summed E-state index contributed by atoms with van der Waals surface area (Å²) in [4.78, 5) is 21.3. The van der Waals surface area contributed by atoms with Crippen molar-refractivity contribution in [2.75, 3.05) is 13.7 Å². The van der Waals surface area contributed by atoms with Crippen LogP contribution >= 0.6 is 0 Å². The summed E-state index contributed by atoms with van der Waals surface area (Å²) in [5.41, 5.74) is 0. The first kappa shape index (κ1) is 18.8. The summed E-state index contributed by atoms with van der Waals surface area (Å²) in [6.07, 6.45) is 14.9. The van der Waals surface area contributed by atoms with Gasteiger partial charge in [0.25, 0.3) is 0 Å². The number of ether oxygens (including phenoxy) is 2. The average Bonchev–Trinajstić information content (AvgIpc) is 3.32. The summed E-state index contributed by atoms with van der Waals surface area (Å²) in [5, 5.41) is 0. The van der Waals surface area contributed by atoms with Gasteiger partial charge in [-0.25, -0.2) is 4.79 Å². The molecule has 4 heteroatoms. The predicted molar refractivity (Wildman–Crippen MR) is 93.2 cm³/mol. The quantitative estimate of drug-likeness (QED) is 0.305. The fraction of sp³-hybridized carbons (Fsp3) is 0.700. The minimum Gasteiger partial charge on any atom is -0.469 e. The minimum atomic E-state index is -0.405. The molecule has 0 aromatic carbocycles. The maximum Gasteiger partial charge on any atom is 0.330 e. The number of carbonyl (C=O) groups is 2. The number of fused-ring (bicyclic) bond motifs is 5. The van der Waals surface area contributed by atoms with Crippen LogP contribution < -0.4 is 0 Å². The van der Waals surface area contributed by atoms with Crippen LogP contribution in [-0.4, -0.2) is 25.7 Å². The first-order valence-corrected chi connectivity index (χ1v) is 9.18. The van der Waals surface area contributed by atoms with E-state index >= 15 is 0 Å². The molecule has 0 saturated heterocycles. The Hall–Kier alpha value is -1.58. The molecule has 0 spiro atoms. The molecule has 0 aliphatic heterocycles. The molecule has 2 saturated carbocycles. The molecular weight excluding hydrogens is 304 g/mol. The van der Waals surface area contributed by atoms with E-state index in [1.165, 1.54) is 20.0 Å². The molecule has 4 nitrogen and oxygen atoms in total. The summed E-state index contributed by atoms with van der Waals surface area (Å²) in [6.45, 7) is 3.66. The van der Waals surface area contributed by atoms with Crippen molar-refractivity contribution in [2.24, 2.45) is 23.7 Å². The van der Waals surface area contributed by atoms with Crippen molar-refractivity contribution >= 4 is 11.9 Å². The van der Waals surface area contributed by atoms with E-state index in [9.17, 15) is 9.59 Å². The van der Waals surface area contributed by atoms with Crippen LogP contribution in [0, 0.1) is 23.7 Å². The van der Waals surface area contributed by atoms with Gasteiger partial charge in [-0.05, 0) is 68.6 Å². The normalized spacial score (nSPS) is 28.7. The number of hydrogen-bond donors (Lipinski definition) is 0. The Morgan fingerprint density at radius 1 is 1.21 bits per heavy atom. The van der Waals surface area contributed by atoms with Crippen molar-refractivity contribution in [2.45, 2.75) is 51.4 Å². The number of allylic oxidation sites excluding steroid dienone is 2. The van der Waals surface area contributed by atoms with Crippen molar-refractivity contribution in [3.8, 4) is 0 Å². The molecule has 4 atom stereocenters. The van der Waals surface area contributed by atoms with Crippen LogP contribution in [0.5, 0.6) is 0 Å². The van der Waals surface area contributed by atoms with Crippen molar-refractivity contribution in [3.05, 3.63) is 24.8 Å². The van der Waals surface area contributed by atoms with Gasteiger partial charge in [0.15, 0.2) is 0 Å². The van der Waals surface area contributed by atoms with Crippen molar-refractivity contribution in [1.29, 1.82) is 0 Å². The molecule has 0 amide bonds. The zero-order chi connectivity index (χ0) is 17.4. The molecule has 24 heavy (non-hydrogen) atoms. The summed E-state index contributed by atoms with van der Waals surface area (Å²) in [7, 11) is 1.37. The van der Waals surface area contributed by atoms with Crippen molar-refractivity contribution in [3.63, 3.8) is 0 Å². The number of rotatable bonds is 7. The second-order valence-corrected chi connectivity index (χ2v) is 7.00. The summed E-state index contributed by atoms with van der Waals surface area (Å²) >= 11 is 0. The van der Waals surface area contributed by atoms with Crippen LogP contribution in [-0.2, 0) is 19.1 Å². The van der Waals surface area contributed by atoms with E-state index in [4.69, 9.17) is 4.74 Å². The smallest absolute Gasteiger partial charge is 0.330 e. The maximum absolute atomic E-state index is 10.7. The molecule has 0 radical (unpaired) electrons. The third-order valence-corrected chi connectivity index (χ3v) is 5.59. The standard InChI is InChI=1S/C10H16O4.C10H14/c1-3-9(11)14-8-6-4-5-7-10(12)13-2;1-2-9-7-4-5-8(6-7)10(9)3-1/h3H,1,4-8H2,2H3;1-2,7-10H,3-6H2. The maximum atomic E-state index is 10.7. The van der Waals surface area contributed by atoms with Crippen LogP contribution in [0.4, 0.5) is 0 Å². The largest absolute Gasteiger partial charge is 0.469 e. The van der Waals surface area contributed by atoms with Crippen LogP contribution in [0.2, 0.25) is 0 Å². The molecule has 0 heterocycles. The van der Waals surface area contributed by atoms with Crippen LogP contribution in [0.3, 0.4) is 0 Å². The fourth-order valence-corrected chi connectivity index (χ4v) is 4.38. The third-order valence-electron chi connectivity index (χ3n) is 5.59. The SMILES string of the molecule is C1=CC2C3CCC(C3)C2C1.C=CC(=O)OCCCCCC(=O)OC. The van der Waals surface area contributed by atoms with Crippen molar-refractivity contribution < 1.29 is 19.1 Å². The lowest BCUT2D eigenvalue weighted by Gasteiger charge is -2.23. The highest BCUT2D eigenvalue weighted by atomic mass is 16.5. The molecule has 0 aromatic rings. The highest BCUT2D eigenvalue weighted by molar-refractivity contribution is 5.81. The molecule has 4 unspecified atom stereocenters. The number of carbonyl (C=O) groups excluding carboxylic acids is 2. The van der Waals surface area contributed by atoms with Gasteiger partial charge in [-0.1, -0.05) is 18.7 Å². The van der Waals surface area contributed by atoms with Crippen LogP contribution in [0.25, 0.3) is 0 Å². The van der Waals surface area contributed by atoms with Gasteiger partial charge in [0.1, 0.15) is 0 Å². The molecule has 134 valence electrons. The van der Waals surface area contributed by atoms with Gasteiger partial charge in [0, 0.05) is 12.5 Å². The van der Waals surface area contributed by atoms with E-state index in [0.717, 1.165) is 49.0 Å². The summed E-state index contributed by atoms with van der Waals surface area (Å²) < 4.78 is 9.23. The van der Waals surface area contributed by atoms with Gasteiger partial charge in [0.2, 0.25) is 0 Å². The lowest BCUT2D eigenvalue weighted by atomic mass is 9.82. The van der Waals surface area contributed by atoms with E-state index in [0.29, 0.717) is 13.0 Å². The fourth-order valence-electron chi connectivity index (χ4n) is 4.38. The van der Waals surface area contributed by atoms with E-state index in [1.54, 1.807) is 12.8 Å². The van der Waals surface area contributed by atoms with Crippen molar-refractivity contribution in [1.82, 2.24) is 0 Å². The van der Waals surface area contributed by atoms with Gasteiger partial charge in [-0.2, -0.15) is 0 Å². The molecule has 3 rings (SSSR count). The van der Waals surface area contributed by atoms with Crippen LogP contribution in [0.1, 0.15) is 51.4 Å². The molecule has 2 bridgehead atoms. The van der Waals surface area contributed by atoms with E-state index in [1.807, 2.05) is 0 Å². The monoisotopic (exact) mass is 334 g/mol. The second-order valence-electron chi connectivity index (χ2n) is 7.00.